The third-order valence-electron chi connectivity index (χ3n) is 10.6. The average molecular weight is 679 g/mol. The Morgan fingerprint density at radius 3 is 1.83 bits per heavy atom. The first kappa shape index (κ1) is 28.4. The Morgan fingerprint density at radius 2 is 1.00 bits per heavy atom. The molecule has 0 atom stereocenters. The fraction of sp³-hybridized carbons (Fsp3) is 0. The van der Waals surface area contributed by atoms with Crippen molar-refractivity contribution in [2.24, 2.45) is 0 Å². The van der Waals surface area contributed by atoms with Crippen LogP contribution in [0.25, 0.3) is 116 Å². The summed E-state index contributed by atoms with van der Waals surface area (Å²) < 4.78 is 15.3. The summed E-state index contributed by atoms with van der Waals surface area (Å²) >= 11 is 0. The Kier molecular flexibility index (Phi) is 5.68. The molecule has 0 unspecified atom stereocenters. The van der Waals surface area contributed by atoms with Crippen LogP contribution in [0.3, 0.4) is 0 Å². The van der Waals surface area contributed by atoms with Gasteiger partial charge in [-0.1, -0.05) is 121 Å². The maximum Gasteiger partial charge on any atom is 0.238 e. The van der Waals surface area contributed by atoms with E-state index in [9.17, 15) is 0 Å². The van der Waals surface area contributed by atoms with Gasteiger partial charge in [0.2, 0.25) is 5.95 Å². The van der Waals surface area contributed by atoms with E-state index in [-0.39, 0.29) is 0 Å². The van der Waals surface area contributed by atoms with Gasteiger partial charge in [-0.15, -0.1) is 0 Å². The fourth-order valence-corrected chi connectivity index (χ4v) is 8.34. The lowest BCUT2D eigenvalue weighted by molar-refractivity contribution is 0.669. The number of para-hydroxylation sites is 2. The van der Waals surface area contributed by atoms with Gasteiger partial charge in [0.1, 0.15) is 22.3 Å². The fourth-order valence-electron chi connectivity index (χ4n) is 8.34. The van der Waals surface area contributed by atoms with Crippen molar-refractivity contribution >= 4 is 87.2 Å². The molecule has 0 spiro atoms. The van der Waals surface area contributed by atoms with Crippen LogP contribution in [0.5, 0.6) is 0 Å². The van der Waals surface area contributed by atoms with Crippen molar-refractivity contribution in [3.05, 3.63) is 158 Å². The van der Waals surface area contributed by atoms with E-state index in [0.29, 0.717) is 17.6 Å². The Bertz CT molecular complexity index is 3460. The van der Waals surface area contributed by atoms with Gasteiger partial charge in [0.25, 0.3) is 0 Å². The molecule has 0 aliphatic heterocycles. The van der Waals surface area contributed by atoms with E-state index in [0.717, 1.165) is 82.2 Å². The number of fused-ring (bicyclic) bond motifs is 15. The Labute approximate surface area is 301 Å². The summed E-state index contributed by atoms with van der Waals surface area (Å²) in [5, 5.41) is 11.2. The van der Waals surface area contributed by atoms with E-state index in [1.165, 1.54) is 16.2 Å². The predicted molar refractivity (Wildman–Crippen MR) is 215 cm³/mol. The predicted octanol–water partition coefficient (Wildman–Crippen LogP) is 12.4. The normalized spacial score (nSPS) is 12.2. The zero-order valence-electron chi connectivity index (χ0n) is 28.1. The monoisotopic (exact) mass is 678 g/mol. The molecule has 53 heavy (non-hydrogen) atoms. The van der Waals surface area contributed by atoms with Gasteiger partial charge in [-0.2, -0.15) is 9.97 Å². The molecule has 12 aromatic rings. The molecule has 0 saturated heterocycles. The first-order valence-electron chi connectivity index (χ1n) is 17.7. The first-order chi connectivity index (χ1) is 26.3. The maximum atomic E-state index is 6.80. The van der Waals surface area contributed by atoms with Crippen LogP contribution >= 0.6 is 0 Å². The molecule has 0 amide bonds. The quantitative estimate of drug-likeness (QED) is 0.174. The molecule has 0 N–H and O–H groups in total. The van der Waals surface area contributed by atoms with Crippen LogP contribution in [0.4, 0.5) is 0 Å². The van der Waals surface area contributed by atoms with Crippen molar-refractivity contribution in [3.63, 3.8) is 0 Å². The highest BCUT2D eigenvalue weighted by Gasteiger charge is 2.23. The van der Waals surface area contributed by atoms with Gasteiger partial charge >= 0.3 is 0 Å². The highest BCUT2D eigenvalue weighted by Crippen LogP contribution is 2.46. The molecule has 6 nitrogen and oxygen atoms in total. The zero-order chi connectivity index (χ0) is 34.6. The highest BCUT2D eigenvalue weighted by molar-refractivity contribution is 6.36. The minimum atomic E-state index is 0.534. The largest absolute Gasteiger partial charge is 0.456 e. The summed E-state index contributed by atoms with van der Waals surface area (Å²) in [5.41, 5.74) is 7.12. The Hall–Kier alpha value is -7.31. The average Bonchev–Trinajstić information content (AvgIpc) is 3.91. The smallest absolute Gasteiger partial charge is 0.238 e. The molecule has 6 heteroatoms. The van der Waals surface area contributed by atoms with Crippen LogP contribution in [0.2, 0.25) is 0 Å². The van der Waals surface area contributed by atoms with Crippen LogP contribution in [0.1, 0.15) is 0 Å². The lowest BCUT2D eigenvalue weighted by Gasteiger charge is -2.11. The van der Waals surface area contributed by atoms with E-state index < -0.39 is 0 Å². The van der Waals surface area contributed by atoms with Crippen molar-refractivity contribution in [2.75, 3.05) is 0 Å². The lowest BCUT2D eigenvalue weighted by atomic mass is 9.95. The van der Waals surface area contributed by atoms with Crippen LogP contribution in [0, 0.1) is 0 Å². The zero-order valence-corrected chi connectivity index (χ0v) is 28.1. The van der Waals surface area contributed by atoms with Crippen molar-refractivity contribution < 1.29 is 8.83 Å². The van der Waals surface area contributed by atoms with Gasteiger partial charge < -0.3 is 8.83 Å². The summed E-state index contributed by atoms with van der Waals surface area (Å²) in [5.74, 6) is 1.69. The van der Waals surface area contributed by atoms with Crippen molar-refractivity contribution in [3.8, 4) is 28.7 Å². The molecule has 0 bridgehead atoms. The van der Waals surface area contributed by atoms with Gasteiger partial charge in [-0.3, -0.25) is 4.57 Å². The number of hydrogen-bond acceptors (Lipinski definition) is 5. The highest BCUT2D eigenvalue weighted by atomic mass is 16.3. The summed E-state index contributed by atoms with van der Waals surface area (Å²) in [4.78, 5) is 15.5. The SMILES string of the molecule is c1ccc(-c2nc(-c3ccc4c(c3)oc3ccccc34)nc(-n3c4ccccc4c4c5c(ccc43)oc3c4ccccc4c4ccccc4c35)n2)cc1. The topological polar surface area (TPSA) is 69.9 Å². The molecule has 0 radical (unpaired) electrons. The number of benzene rings is 8. The maximum absolute atomic E-state index is 6.80. The standard InChI is InChI=1S/C47H26N4O2/c1-2-12-27(13-3-1)45-48-46(28-22-23-32-31-16-9-11-21-38(31)52-40(32)26-28)50-47(49-45)51-36-20-10-8-19-35(36)41-37(51)24-25-39-43(41)42-33-17-6-4-14-29(33)30-15-5-7-18-34(30)44(42)53-39/h1-26H. The second-order valence-electron chi connectivity index (χ2n) is 13.5. The lowest BCUT2D eigenvalue weighted by Crippen LogP contribution is -2.06. The number of nitrogens with zero attached hydrogens (tertiary/aromatic N) is 4. The number of rotatable bonds is 3. The van der Waals surface area contributed by atoms with E-state index in [4.69, 9.17) is 23.8 Å². The van der Waals surface area contributed by atoms with Gasteiger partial charge in [0.05, 0.1) is 11.0 Å². The number of hydrogen-bond donors (Lipinski definition) is 0. The van der Waals surface area contributed by atoms with E-state index in [1.807, 2.05) is 54.6 Å². The van der Waals surface area contributed by atoms with Crippen molar-refractivity contribution in [2.45, 2.75) is 0 Å². The van der Waals surface area contributed by atoms with Crippen LogP contribution in [-0.4, -0.2) is 19.5 Å². The molecular formula is C47H26N4O2. The molecule has 8 aromatic carbocycles. The number of aromatic nitrogens is 4. The van der Waals surface area contributed by atoms with Gasteiger partial charge in [-0.25, -0.2) is 4.98 Å². The first-order valence-corrected chi connectivity index (χ1v) is 17.7. The van der Waals surface area contributed by atoms with E-state index >= 15 is 0 Å². The van der Waals surface area contributed by atoms with Gasteiger partial charge in [-0.05, 0) is 52.6 Å². The molecule has 0 fully saturated rings. The third-order valence-corrected chi connectivity index (χ3v) is 10.6. The molecule has 0 saturated carbocycles. The van der Waals surface area contributed by atoms with Crippen LogP contribution < -0.4 is 0 Å². The van der Waals surface area contributed by atoms with Gasteiger partial charge in [0.15, 0.2) is 11.6 Å². The molecule has 0 aliphatic carbocycles. The Morgan fingerprint density at radius 1 is 0.358 bits per heavy atom. The summed E-state index contributed by atoms with van der Waals surface area (Å²) in [7, 11) is 0. The van der Waals surface area contributed by atoms with Crippen molar-refractivity contribution in [1.29, 1.82) is 0 Å². The summed E-state index contributed by atoms with van der Waals surface area (Å²) in [6.45, 7) is 0. The van der Waals surface area contributed by atoms with Gasteiger partial charge in [0, 0.05) is 48.8 Å². The molecule has 4 heterocycles. The van der Waals surface area contributed by atoms with Crippen molar-refractivity contribution in [1.82, 2.24) is 19.5 Å². The van der Waals surface area contributed by atoms with E-state index in [2.05, 4.69) is 108 Å². The number of furan rings is 2. The third kappa shape index (κ3) is 4.00. The molecule has 246 valence electrons. The summed E-state index contributed by atoms with van der Waals surface area (Å²) in [6.07, 6.45) is 0. The molecule has 4 aromatic heterocycles. The molecule has 12 rings (SSSR count). The molecule has 0 aliphatic rings. The minimum Gasteiger partial charge on any atom is -0.456 e. The van der Waals surface area contributed by atoms with E-state index in [1.54, 1.807) is 0 Å². The Balaban J connectivity index is 1.19. The molecular weight excluding hydrogens is 653 g/mol. The summed E-state index contributed by atoms with van der Waals surface area (Å²) in [6, 6.07) is 54.3. The second-order valence-corrected chi connectivity index (χ2v) is 13.5. The van der Waals surface area contributed by atoms with Crippen LogP contribution in [0.15, 0.2) is 167 Å². The second kappa shape index (κ2) is 10.6. The van der Waals surface area contributed by atoms with Crippen LogP contribution in [-0.2, 0) is 0 Å². The minimum absolute atomic E-state index is 0.534.